The van der Waals surface area contributed by atoms with Crippen molar-refractivity contribution in [2.75, 3.05) is 12.3 Å². The Bertz CT molecular complexity index is 924. The van der Waals surface area contributed by atoms with Crippen LogP contribution in [0.2, 0.25) is 5.02 Å². The second-order valence-electron chi connectivity index (χ2n) is 5.85. The molecule has 0 bridgehead atoms. The van der Waals surface area contributed by atoms with Gasteiger partial charge in [-0.2, -0.15) is 0 Å². The number of nitrogens with zero attached hydrogens (tertiary/aromatic N) is 1. The van der Waals surface area contributed by atoms with Crippen LogP contribution in [0, 0.1) is 0 Å². The number of phenols is 1. The first-order valence-corrected chi connectivity index (χ1v) is 7.84. The molecule has 0 unspecified atom stereocenters. The summed E-state index contributed by atoms with van der Waals surface area (Å²) >= 11 is 5.99. The van der Waals surface area contributed by atoms with Crippen molar-refractivity contribution in [2.24, 2.45) is 5.73 Å². The normalized spacial score (nSPS) is 13.0. The van der Waals surface area contributed by atoms with Gasteiger partial charge in [-0.05, 0) is 34.9 Å². The van der Waals surface area contributed by atoms with E-state index in [1.807, 2.05) is 0 Å². The van der Waals surface area contributed by atoms with Crippen LogP contribution in [0.3, 0.4) is 0 Å². The monoisotopic (exact) mass is 357 g/mol. The summed E-state index contributed by atoms with van der Waals surface area (Å²) in [6.45, 7) is 3.91. The van der Waals surface area contributed by atoms with E-state index in [-0.39, 0.29) is 35.3 Å². The van der Waals surface area contributed by atoms with Crippen LogP contribution in [0.15, 0.2) is 42.5 Å². The largest absolute Gasteiger partial charge is 0.506 e. The van der Waals surface area contributed by atoms with Gasteiger partial charge >= 0.3 is 0 Å². The van der Waals surface area contributed by atoms with Crippen LogP contribution in [-0.4, -0.2) is 28.4 Å². The summed E-state index contributed by atoms with van der Waals surface area (Å²) in [4.78, 5) is 25.4. The molecule has 2 aromatic carbocycles. The van der Waals surface area contributed by atoms with Crippen molar-refractivity contribution in [1.82, 2.24) is 4.90 Å². The first-order chi connectivity index (χ1) is 11.8. The van der Waals surface area contributed by atoms with Crippen LogP contribution in [0.4, 0.5) is 5.69 Å². The molecule has 128 valence electrons. The fourth-order valence-electron chi connectivity index (χ4n) is 2.88. The predicted octanol–water partition coefficient (Wildman–Crippen LogP) is 2.29. The molecule has 25 heavy (non-hydrogen) atoms. The van der Waals surface area contributed by atoms with Gasteiger partial charge in [0.1, 0.15) is 5.75 Å². The van der Waals surface area contributed by atoms with Gasteiger partial charge in [0.25, 0.3) is 5.91 Å². The van der Waals surface area contributed by atoms with Crippen molar-refractivity contribution < 1.29 is 14.7 Å². The molecule has 0 radical (unpaired) electrons. The van der Waals surface area contributed by atoms with Gasteiger partial charge in [-0.3, -0.25) is 9.59 Å². The minimum Gasteiger partial charge on any atom is -0.506 e. The first-order valence-electron chi connectivity index (χ1n) is 7.46. The minimum atomic E-state index is -0.651. The SMILES string of the molecule is C=C(CN1Cc2c(-c3ccc(O)c(Cl)c3)ccc(N)c2C1=O)C(N)=O. The number of halogens is 1. The molecular weight excluding hydrogens is 342 g/mol. The number of carbonyl (C=O) groups excluding carboxylic acids is 2. The molecule has 7 heteroatoms. The molecule has 3 rings (SSSR count). The lowest BCUT2D eigenvalue weighted by Crippen LogP contribution is -2.30. The minimum absolute atomic E-state index is 0.0204. The van der Waals surface area contributed by atoms with Crippen LogP contribution in [0.1, 0.15) is 15.9 Å². The number of hydrogen-bond acceptors (Lipinski definition) is 4. The molecule has 1 heterocycles. The van der Waals surface area contributed by atoms with E-state index in [0.29, 0.717) is 11.3 Å². The highest BCUT2D eigenvalue weighted by molar-refractivity contribution is 6.32. The maximum atomic E-state index is 12.7. The maximum Gasteiger partial charge on any atom is 0.256 e. The van der Waals surface area contributed by atoms with Gasteiger partial charge in [0.2, 0.25) is 5.91 Å². The zero-order chi connectivity index (χ0) is 18.3. The highest BCUT2D eigenvalue weighted by atomic mass is 35.5. The number of anilines is 1. The molecule has 0 saturated carbocycles. The Labute approximate surface area is 149 Å². The Morgan fingerprint density at radius 2 is 2.04 bits per heavy atom. The van der Waals surface area contributed by atoms with Crippen LogP contribution in [0.25, 0.3) is 11.1 Å². The van der Waals surface area contributed by atoms with E-state index in [1.54, 1.807) is 24.3 Å². The average Bonchev–Trinajstić information content (AvgIpc) is 2.88. The van der Waals surface area contributed by atoms with Gasteiger partial charge in [-0.15, -0.1) is 0 Å². The van der Waals surface area contributed by atoms with Gasteiger partial charge in [0.05, 0.1) is 17.1 Å². The van der Waals surface area contributed by atoms with Crippen molar-refractivity contribution in [3.8, 4) is 16.9 Å². The summed E-state index contributed by atoms with van der Waals surface area (Å²) < 4.78 is 0. The number of carbonyl (C=O) groups is 2. The second-order valence-corrected chi connectivity index (χ2v) is 6.26. The standard InChI is InChI=1S/C18H16ClN3O3/c1-9(17(21)24)7-22-8-12-11(3-4-14(20)16(12)18(22)25)10-2-5-15(23)13(19)6-10/h2-6,23H,1,7-8,20H2,(H2,21,24). The van der Waals surface area contributed by atoms with Gasteiger partial charge in [0, 0.05) is 17.8 Å². The lowest BCUT2D eigenvalue weighted by Gasteiger charge is -2.15. The number of phenolic OH excluding ortho intramolecular Hbond substituents is 1. The summed E-state index contributed by atoms with van der Waals surface area (Å²) in [5.74, 6) is -0.947. The number of hydrogen-bond donors (Lipinski definition) is 3. The predicted molar refractivity (Wildman–Crippen MR) is 96.0 cm³/mol. The lowest BCUT2D eigenvalue weighted by molar-refractivity contribution is -0.114. The number of nitrogen functional groups attached to an aromatic ring is 1. The smallest absolute Gasteiger partial charge is 0.256 e. The van der Waals surface area contributed by atoms with E-state index in [9.17, 15) is 14.7 Å². The van der Waals surface area contributed by atoms with Gasteiger partial charge in [-0.25, -0.2) is 0 Å². The van der Waals surface area contributed by atoms with Gasteiger partial charge < -0.3 is 21.5 Å². The third kappa shape index (κ3) is 2.92. The van der Waals surface area contributed by atoms with E-state index in [0.717, 1.165) is 16.7 Å². The summed E-state index contributed by atoms with van der Waals surface area (Å²) in [6, 6.07) is 8.28. The quantitative estimate of drug-likeness (QED) is 0.576. The van der Waals surface area contributed by atoms with Crippen LogP contribution < -0.4 is 11.5 Å². The molecule has 5 N–H and O–H groups in total. The van der Waals surface area contributed by atoms with E-state index in [1.165, 1.54) is 11.0 Å². The van der Waals surface area contributed by atoms with Crippen molar-refractivity contribution in [3.05, 3.63) is 58.6 Å². The maximum absolute atomic E-state index is 12.7. The van der Waals surface area contributed by atoms with E-state index in [4.69, 9.17) is 23.1 Å². The molecule has 0 atom stereocenters. The summed E-state index contributed by atoms with van der Waals surface area (Å²) in [6.07, 6.45) is 0. The van der Waals surface area contributed by atoms with E-state index in [2.05, 4.69) is 6.58 Å². The lowest BCUT2D eigenvalue weighted by atomic mass is 9.96. The highest BCUT2D eigenvalue weighted by Crippen LogP contribution is 2.38. The Morgan fingerprint density at radius 1 is 1.32 bits per heavy atom. The zero-order valence-electron chi connectivity index (χ0n) is 13.3. The van der Waals surface area contributed by atoms with Crippen molar-refractivity contribution >= 4 is 29.1 Å². The van der Waals surface area contributed by atoms with Crippen LogP contribution in [0.5, 0.6) is 5.75 Å². The Balaban J connectivity index is 2.05. The molecule has 2 aromatic rings. The molecule has 0 spiro atoms. The number of amides is 2. The zero-order valence-corrected chi connectivity index (χ0v) is 14.0. The molecule has 1 aliphatic rings. The van der Waals surface area contributed by atoms with Gasteiger partial charge in [-0.1, -0.05) is 30.3 Å². The third-order valence-electron chi connectivity index (χ3n) is 4.18. The Hall–Kier alpha value is -2.99. The molecule has 6 nitrogen and oxygen atoms in total. The average molecular weight is 358 g/mol. The summed E-state index contributed by atoms with van der Waals surface area (Å²) in [5, 5.41) is 9.81. The molecule has 0 fully saturated rings. The number of fused-ring (bicyclic) bond motifs is 1. The van der Waals surface area contributed by atoms with Crippen molar-refractivity contribution in [2.45, 2.75) is 6.54 Å². The fourth-order valence-corrected chi connectivity index (χ4v) is 3.06. The first kappa shape index (κ1) is 16.9. The van der Waals surface area contributed by atoms with Crippen LogP contribution in [-0.2, 0) is 11.3 Å². The molecule has 1 aliphatic heterocycles. The Morgan fingerprint density at radius 3 is 2.68 bits per heavy atom. The van der Waals surface area contributed by atoms with Crippen molar-refractivity contribution in [1.29, 1.82) is 0 Å². The number of rotatable bonds is 4. The van der Waals surface area contributed by atoms with E-state index >= 15 is 0 Å². The molecule has 0 aromatic heterocycles. The molecule has 2 amide bonds. The second kappa shape index (κ2) is 6.14. The highest BCUT2D eigenvalue weighted by Gasteiger charge is 2.32. The third-order valence-corrected chi connectivity index (χ3v) is 4.49. The summed E-state index contributed by atoms with van der Waals surface area (Å²) in [7, 11) is 0. The summed E-state index contributed by atoms with van der Waals surface area (Å²) in [5.41, 5.74) is 14.4. The molecule has 0 saturated heterocycles. The number of primary amides is 1. The fraction of sp³-hybridized carbons (Fsp3) is 0.111. The van der Waals surface area contributed by atoms with Gasteiger partial charge in [0.15, 0.2) is 0 Å². The number of aromatic hydroxyl groups is 1. The molecule has 0 aliphatic carbocycles. The van der Waals surface area contributed by atoms with E-state index < -0.39 is 5.91 Å². The number of benzene rings is 2. The molecular formula is C18H16ClN3O3. The van der Waals surface area contributed by atoms with Crippen molar-refractivity contribution in [3.63, 3.8) is 0 Å². The van der Waals surface area contributed by atoms with Crippen LogP contribution >= 0.6 is 11.6 Å². The number of nitrogens with two attached hydrogens (primary N) is 2. The topological polar surface area (TPSA) is 110 Å². The Kier molecular flexibility index (Phi) is 4.14.